The van der Waals surface area contributed by atoms with Crippen LogP contribution in [0.2, 0.25) is 0 Å². The summed E-state index contributed by atoms with van der Waals surface area (Å²) in [4.78, 5) is 4.25. The maximum absolute atomic E-state index is 4.25. The molecule has 0 fully saturated rings. The van der Waals surface area contributed by atoms with E-state index in [0.717, 1.165) is 5.52 Å². The van der Waals surface area contributed by atoms with E-state index < -0.39 is 0 Å². The van der Waals surface area contributed by atoms with E-state index in [-0.39, 0.29) is 0 Å². The van der Waals surface area contributed by atoms with Crippen molar-refractivity contribution in [2.24, 2.45) is 0 Å². The lowest BCUT2D eigenvalue weighted by Gasteiger charge is -1.92. The third-order valence-electron chi connectivity index (χ3n) is 1.73. The summed E-state index contributed by atoms with van der Waals surface area (Å²) >= 11 is 1.69. The number of rotatable bonds is 1. The van der Waals surface area contributed by atoms with Crippen LogP contribution in [0, 0.1) is 0 Å². The Morgan fingerprint density at radius 1 is 1.42 bits per heavy atom. The number of hydrogen-bond donors (Lipinski definition) is 0. The summed E-state index contributed by atoms with van der Waals surface area (Å²) in [6.45, 7) is 2.03. The molecule has 0 amide bonds. The third-order valence-corrected chi connectivity index (χ3v) is 2.62. The lowest BCUT2D eigenvalue weighted by molar-refractivity contribution is 1.50. The fraction of sp³-hybridized carbons (Fsp3) is 0.100. The average Bonchev–Trinajstić information content (AvgIpc) is 2.53. The molecule has 2 rings (SSSR count). The van der Waals surface area contributed by atoms with Gasteiger partial charge >= 0.3 is 0 Å². The fourth-order valence-corrected chi connectivity index (χ4v) is 2.00. The first kappa shape index (κ1) is 7.50. The summed E-state index contributed by atoms with van der Waals surface area (Å²) in [6, 6.07) is 6.19. The number of aromatic nitrogens is 1. The first-order chi connectivity index (χ1) is 5.92. The molecule has 0 unspecified atom stereocenters. The summed E-state index contributed by atoms with van der Waals surface area (Å²) in [5, 5.41) is 0. The Hall–Kier alpha value is -1.15. The molecule has 0 aliphatic heterocycles. The number of hydrogen-bond acceptors (Lipinski definition) is 2. The van der Waals surface area contributed by atoms with Gasteiger partial charge in [-0.3, -0.25) is 0 Å². The molecule has 1 nitrogen and oxygen atoms in total. The van der Waals surface area contributed by atoms with E-state index in [9.17, 15) is 0 Å². The second-order valence-corrected chi connectivity index (χ2v) is 3.40. The highest BCUT2D eigenvalue weighted by molar-refractivity contribution is 7.17. The Morgan fingerprint density at radius 3 is 3.17 bits per heavy atom. The highest BCUT2D eigenvalue weighted by Crippen LogP contribution is 2.22. The number of allylic oxidation sites excluding steroid dienone is 1. The molecule has 0 N–H and O–H groups in total. The van der Waals surface area contributed by atoms with Gasteiger partial charge in [0.2, 0.25) is 0 Å². The van der Waals surface area contributed by atoms with Crippen LogP contribution in [0.1, 0.15) is 12.5 Å². The van der Waals surface area contributed by atoms with Crippen LogP contribution in [0.25, 0.3) is 16.3 Å². The van der Waals surface area contributed by atoms with Crippen molar-refractivity contribution in [1.29, 1.82) is 0 Å². The van der Waals surface area contributed by atoms with E-state index in [1.807, 2.05) is 24.6 Å². The summed E-state index contributed by atoms with van der Waals surface area (Å²) in [5.74, 6) is 0. The molecule has 2 heteroatoms. The predicted molar refractivity (Wildman–Crippen MR) is 54.3 cm³/mol. The van der Waals surface area contributed by atoms with Gasteiger partial charge in [0.05, 0.1) is 15.7 Å². The van der Waals surface area contributed by atoms with E-state index in [1.54, 1.807) is 11.3 Å². The molecule has 0 saturated heterocycles. The molecule has 0 radical (unpaired) electrons. The van der Waals surface area contributed by atoms with Crippen molar-refractivity contribution in [3.05, 3.63) is 35.3 Å². The first-order valence-electron chi connectivity index (χ1n) is 3.87. The van der Waals surface area contributed by atoms with Crippen LogP contribution in [-0.4, -0.2) is 4.98 Å². The van der Waals surface area contributed by atoms with Gasteiger partial charge in [-0.15, -0.1) is 11.3 Å². The third kappa shape index (κ3) is 1.14. The smallest absolute Gasteiger partial charge is 0.0818 e. The number of fused-ring (bicyclic) bond motifs is 1. The van der Waals surface area contributed by atoms with E-state index in [1.165, 1.54) is 10.3 Å². The Labute approximate surface area is 75.4 Å². The summed E-state index contributed by atoms with van der Waals surface area (Å²) in [5.41, 5.74) is 4.24. The maximum atomic E-state index is 4.25. The Bertz CT molecular complexity index is 414. The van der Waals surface area contributed by atoms with Crippen LogP contribution in [0.3, 0.4) is 0 Å². The van der Waals surface area contributed by atoms with Gasteiger partial charge < -0.3 is 0 Å². The first-order valence-corrected chi connectivity index (χ1v) is 4.74. The normalized spacial score (nSPS) is 11.4. The second kappa shape index (κ2) is 3.07. The van der Waals surface area contributed by atoms with Gasteiger partial charge in [-0.1, -0.05) is 24.3 Å². The summed E-state index contributed by atoms with van der Waals surface area (Å²) in [6.07, 6.45) is 4.16. The SMILES string of the molecule is CC=Cc1cccc2ncsc12. The van der Waals surface area contributed by atoms with Gasteiger partial charge in [0.15, 0.2) is 0 Å². The molecular weight excluding hydrogens is 166 g/mol. The zero-order valence-electron chi connectivity index (χ0n) is 6.82. The van der Waals surface area contributed by atoms with Crippen molar-refractivity contribution < 1.29 is 0 Å². The largest absolute Gasteiger partial charge is 0.245 e. The van der Waals surface area contributed by atoms with Crippen molar-refractivity contribution in [2.45, 2.75) is 6.92 Å². The van der Waals surface area contributed by atoms with Crippen molar-refractivity contribution in [1.82, 2.24) is 4.98 Å². The molecule has 0 aliphatic rings. The lowest BCUT2D eigenvalue weighted by atomic mass is 10.2. The van der Waals surface area contributed by atoms with Crippen molar-refractivity contribution >= 4 is 27.6 Å². The fourth-order valence-electron chi connectivity index (χ4n) is 1.22. The molecule has 1 heterocycles. The zero-order valence-corrected chi connectivity index (χ0v) is 7.64. The predicted octanol–water partition coefficient (Wildman–Crippen LogP) is 3.33. The number of nitrogens with zero attached hydrogens (tertiary/aromatic N) is 1. The van der Waals surface area contributed by atoms with E-state index in [2.05, 4.69) is 23.2 Å². The highest BCUT2D eigenvalue weighted by atomic mass is 32.1. The quantitative estimate of drug-likeness (QED) is 0.647. The molecule has 0 saturated carbocycles. The summed E-state index contributed by atoms with van der Waals surface area (Å²) in [7, 11) is 0. The molecule has 1 aromatic heterocycles. The lowest BCUT2D eigenvalue weighted by Crippen LogP contribution is -1.71. The van der Waals surface area contributed by atoms with Crippen LogP contribution < -0.4 is 0 Å². The molecule has 0 atom stereocenters. The average molecular weight is 175 g/mol. The highest BCUT2D eigenvalue weighted by Gasteiger charge is 1.98. The van der Waals surface area contributed by atoms with Crippen molar-refractivity contribution in [3.8, 4) is 0 Å². The Morgan fingerprint density at radius 2 is 2.33 bits per heavy atom. The molecule has 0 spiro atoms. The molecule has 60 valence electrons. The van der Waals surface area contributed by atoms with Gasteiger partial charge in [-0.2, -0.15) is 0 Å². The second-order valence-electron chi connectivity index (χ2n) is 2.55. The van der Waals surface area contributed by atoms with E-state index in [4.69, 9.17) is 0 Å². The van der Waals surface area contributed by atoms with Gasteiger partial charge in [0, 0.05) is 0 Å². The minimum Gasteiger partial charge on any atom is -0.245 e. The van der Waals surface area contributed by atoms with Crippen LogP contribution in [0.15, 0.2) is 29.8 Å². The van der Waals surface area contributed by atoms with Crippen LogP contribution in [0.5, 0.6) is 0 Å². The van der Waals surface area contributed by atoms with Gasteiger partial charge in [-0.25, -0.2) is 4.98 Å². The Balaban J connectivity index is 2.73. The minimum atomic E-state index is 1.09. The zero-order chi connectivity index (χ0) is 8.39. The molecule has 0 aliphatic carbocycles. The van der Waals surface area contributed by atoms with Gasteiger partial charge in [-0.05, 0) is 18.6 Å². The van der Waals surface area contributed by atoms with Gasteiger partial charge in [0.1, 0.15) is 0 Å². The number of benzene rings is 1. The monoisotopic (exact) mass is 175 g/mol. The molecule has 2 aromatic rings. The molecule has 1 aromatic carbocycles. The van der Waals surface area contributed by atoms with Crippen molar-refractivity contribution in [2.75, 3.05) is 0 Å². The number of thiazole rings is 1. The Kier molecular flexibility index (Phi) is 1.92. The van der Waals surface area contributed by atoms with Crippen LogP contribution in [-0.2, 0) is 0 Å². The topological polar surface area (TPSA) is 12.9 Å². The maximum Gasteiger partial charge on any atom is 0.0818 e. The summed E-state index contributed by atoms with van der Waals surface area (Å²) < 4.78 is 1.27. The standard InChI is InChI=1S/C10H9NS/c1-2-4-8-5-3-6-9-10(8)12-7-11-9/h2-7H,1H3. The van der Waals surface area contributed by atoms with E-state index in [0.29, 0.717) is 0 Å². The van der Waals surface area contributed by atoms with Crippen molar-refractivity contribution in [3.63, 3.8) is 0 Å². The van der Waals surface area contributed by atoms with E-state index >= 15 is 0 Å². The van der Waals surface area contributed by atoms with Gasteiger partial charge in [0.25, 0.3) is 0 Å². The molecular formula is C10H9NS. The molecule has 0 bridgehead atoms. The molecule has 12 heavy (non-hydrogen) atoms. The van der Waals surface area contributed by atoms with Crippen LogP contribution >= 0.6 is 11.3 Å². The minimum absolute atomic E-state index is 1.09. The van der Waals surface area contributed by atoms with Crippen LogP contribution in [0.4, 0.5) is 0 Å².